The third kappa shape index (κ3) is 1.52. The molecule has 1 aromatic carbocycles. The van der Waals surface area contributed by atoms with Gasteiger partial charge in [0.05, 0.1) is 6.20 Å². The first-order chi connectivity index (χ1) is 9.58. The number of pyridine rings is 1. The van der Waals surface area contributed by atoms with Crippen LogP contribution in [0.4, 0.5) is 0 Å². The van der Waals surface area contributed by atoms with Gasteiger partial charge < -0.3 is 0 Å². The molecule has 3 aromatic rings. The van der Waals surface area contributed by atoms with Gasteiger partial charge in [0.25, 0.3) is 5.56 Å². The van der Waals surface area contributed by atoms with Crippen LogP contribution in [0.2, 0.25) is 0 Å². The van der Waals surface area contributed by atoms with E-state index in [0.717, 1.165) is 22.9 Å². The molecule has 0 N–H and O–H groups in total. The van der Waals surface area contributed by atoms with Gasteiger partial charge in [0.15, 0.2) is 6.29 Å². The van der Waals surface area contributed by atoms with Crippen LogP contribution >= 0.6 is 0 Å². The minimum atomic E-state index is -0.102. The molecule has 0 bridgehead atoms. The highest BCUT2D eigenvalue weighted by molar-refractivity contribution is 6.12. The first-order valence-electron chi connectivity index (χ1n) is 6.52. The van der Waals surface area contributed by atoms with E-state index in [4.69, 9.17) is 0 Å². The molecule has 2 aromatic heterocycles. The topological polar surface area (TPSA) is 56.9 Å². The first-order valence-corrected chi connectivity index (χ1v) is 6.52. The second-order valence-electron chi connectivity index (χ2n) is 4.96. The Morgan fingerprint density at radius 2 is 2.05 bits per heavy atom. The van der Waals surface area contributed by atoms with Gasteiger partial charge in [0.2, 0.25) is 0 Å². The van der Waals surface area contributed by atoms with Gasteiger partial charge in [-0.2, -0.15) is 5.10 Å². The molecule has 2 heterocycles. The molecule has 0 atom stereocenters. The summed E-state index contributed by atoms with van der Waals surface area (Å²) in [5, 5.41) is 6.41. The normalized spacial score (nSPS) is 11.3. The van der Waals surface area contributed by atoms with E-state index in [9.17, 15) is 9.59 Å². The van der Waals surface area contributed by atoms with Crippen molar-refractivity contribution >= 4 is 28.1 Å². The molecule has 5 heteroatoms. The number of benzene rings is 1. The molecule has 0 spiro atoms. The number of nitrogens with zero attached hydrogens (tertiary/aromatic N) is 3. The standard InChI is InChI=1S/C15H15N3O2/c1-4-18-14-12(7-16-18)13-10(8-19)5-9(2)6-11(13)15(20)17(14)3/h5-8H,4H2,1-3H3. The van der Waals surface area contributed by atoms with Crippen LogP contribution in [0.1, 0.15) is 22.8 Å². The molecule has 0 aliphatic carbocycles. The van der Waals surface area contributed by atoms with Crippen LogP contribution in [-0.4, -0.2) is 20.6 Å². The summed E-state index contributed by atoms with van der Waals surface area (Å²) in [7, 11) is 1.74. The van der Waals surface area contributed by atoms with Crippen LogP contribution in [0, 0.1) is 6.92 Å². The molecule has 20 heavy (non-hydrogen) atoms. The highest BCUT2D eigenvalue weighted by Gasteiger charge is 2.15. The number of rotatable bonds is 2. The summed E-state index contributed by atoms with van der Waals surface area (Å²) < 4.78 is 3.37. The third-order valence-electron chi connectivity index (χ3n) is 3.67. The van der Waals surface area contributed by atoms with Gasteiger partial charge in [-0.25, -0.2) is 4.68 Å². The quantitative estimate of drug-likeness (QED) is 0.669. The van der Waals surface area contributed by atoms with Crippen molar-refractivity contribution in [1.29, 1.82) is 0 Å². The number of aldehydes is 1. The summed E-state index contributed by atoms with van der Waals surface area (Å²) in [5.74, 6) is 0. The molecule has 0 saturated heterocycles. The van der Waals surface area contributed by atoms with Crippen LogP contribution in [0.25, 0.3) is 21.8 Å². The van der Waals surface area contributed by atoms with Gasteiger partial charge in [0, 0.05) is 35.3 Å². The summed E-state index contributed by atoms with van der Waals surface area (Å²) in [5.41, 5.74) is 2.09. The van der Waals surface area contributed by atoms with E-state index >= 15 is 0 Å². The molecule has 0 aliphatic heterocycles. The van der Waals surface area contributed by atoms with Crippen molar-refractivity contribution in [2.45, 2.75) is 20.4 Å². The molecular formula is C15H15N3O2. The minimum absolute atomic E-state index is 0.102. The van der Waals surface area contributed by atoms with Crippen LogP contribution < -0.4 is 5.56 Å². The van der Waals surface area contributed by atoms with Crippen molar-refractivity contribution in [2.24, 2.45) is 7.05 Å². The van der Waals surface area contributed by atoms with E-state index < -0.39 is 0 Å². The zero-order valence-electron chi connectivity index (χ0n) is 11.7. The summed E-state index contributed by atoms with van der Waals surface area (Å²) >= 11 is 0. The Bertz CT molecular complexity index is 903. The highest BCUT2D eigenvalue weighted by atomic mass is 16.1. The summed E-state index contributed by atoms with van der Waals surface area (Å²) in [4.78, 5) is 23.9. The largest absolute Gasteiger partial charge is 0.298 e. The van der Waals surface area contributed by atoms with Crippen molar-refractivity contribution in [3.8, 4) is 0 Å². The Balaban J connectivity index is 2.70. The monoisotopic (exact) mass is 269 g/mol. The molecular weight excluding hydrogens is 254 g/mol. The first kappa shape index (κ1) is 12.6. The van der Waals surface area contributed by atoms with Crippen molar-refractivity contribution < 1.29 is 4.79 Å². The van der Waals surface area contributed by atoms with Crippen molar-refractivity contribution in [3.63, 3.8) is 0 Å². The Morgan fingerprint density at radius 3 is 2.70 bits per heavy atom. The maximum Gasteiger partial charge on any atom is 0.259 e. The van der Waals surface area contributed by atoms with Crippen molar-refractivity contribution in [2.75, 3.05) is 0 Å². The minimum Gasteiger partial charge on any atom is -0.298 e. The fourth-order valence-electron chi connectivity index (χ4n) is 2.79. The number of fused-ring (bicyclic) bond motifs is 3. The lowest BCUT2D eigenvalue weighted by atomic mass is 10.0. The third-order valence-corrected chi connectivity index (χ3v) is 3.67. The fraction of sp³-hybridized carbons (Fsp3) is 0.267. The molecule has 0 amide bonds. The summed E-state index contributed by atoms with van der Waals surface area (Å²) in [6.45, 7) is 4.52. The lowest BCUT2D eigenvalue weighted by Gasteiger charge is -2.10. The lowest BCUT2D eigenvalue weighted by Crippen LogP contribution is -2.20. The predicted molar refractivity (Wildman–Crippen MR) is 78.3 cm³/mol. The van der Waals surface area contributed by atoms with Crippen molar-refractivity contribution in [3.05, 3.63) is 39.8 Å². The van der Waals surface area contributed by atoms with E-state index in [1.54, 1.807) is 28.6 Å². The molecule has 5 nitrogen and oxygen atoms in total. The second kappa shape index (κ2) is 4.30. The smallest absolute Gasteiger partial charge is 0.259 e. The van der Waals surface area contributed by atoms with Crippen LogP contribution in [0.5, 0.6) is 0 Å². The van der Waals surface area contributed by atoms with E-state index in [1.807, 2.05) is 19.9 Å². The summed E-state index contributed by atoms with van der Waals surface area (Å²) in [6.07, 6.45) is 2.53. The average Bonchev–Trinajstić information content (AvgIpc) is 2.87. The van der Waals surface area contributed by atoms with E-state index in [-0.39, 0.29) is 5.56 Å². The van der Waals surface area contributed by atoms with Gasteiger partial charge in [-0.3, -0.25) is 14.2 Å². The van der Waals surface area contributed by atoms with Crippen molar-refractivity contribution in [1.82, 2.24) is 14.3 Å². The maximum absolute atomic E-state index is 12.5. The van der Waals surface area contributed by atoms with Gasteiger partial charge in [-0.1, -0.05) is 0 Å². The Morgan fingerprint density at radius 1 is 1.30 bits per heavy atom. The van der Waals surface area contributed by atoms with Crippen LogP contribution in [-0.2, 0) is 13.6 Å². The number of hydrogen-bond donors (Lipinski definition) is 0. The summed E-state index contributed by atoms with van der Waals surface area (Å²) in [6, 6.07) is 3.63. The molecule has 0 radical (unpaired) electrons. The molecule has 0 aliphatic rings. The Labute approximate surface area is 115 Å². The zero-order valence-corrected chi connectivity index (χ0v) is 11.7. The molecule has 0 saturated carbocycles. The number of carbonyl (C=O) groups excluding carboxylic acids is 1. The van der Waals surface area contributed by atoms with E-state index in [1.165, 1.54) is 0 Å². The number of aryl methyl sites for hydroxylation is 3. The predicted octanol–water partition coefficient (Wildman–Crippen LogP) is 2.03. The van der Waals surface area contributed by atoms with Gasteiger partial charge >= 0.3 is 0 Å². The highest BCUT2D eigenvalue weighted by Crippen LogP contribution is 2.26. The Kier molecular flexibility index (Phi) is 2.71. The SMILES string of the molecule is CCn1ncc2c3c(C=O)cc(C)cc3c(=O)n(C)c21. The van der Waals surface area contributed by atoms with E-state index in [0.29, 0.717) is 22.9 Å². The number of aromatic nitrogens is 3. The number of carbonyl (C=O) groups is 1. The second-order valence-corrected chi connectivity index (χ2v) is 4.96. The van der Waals surface area contributed by atoms with Crippen LogP contribution in [0.3, 0.4) is 0 Å². The average molecular weight is 269 g/mol. The zero-order chi connectivity index (χ0) is 14.4. The van der Waals surface area contributed by atoms with Crippen LogP contribution in [0.15, 0.2) is 23.1 Å². The number of hydrogen-bond acceptors (Lipinski definition) is 3. The van der Waals surface area contributed by atoms with Gasteiger partial charge in [-0.05, 0) is 31.5 Å². The molecule has 3 rings (SSSR count). The fourth-order valence-corrected chi connectivity index (χ4v) is 2.79. The lowest BCUT2D eigenvalue weighted by molar-refractivity contribution is 0.112. The Hall–Kier alpha value is -2.43. The van der Waals surface area contributed by atoms with E-state index in [2.05, 4.69) is 5.10 Å². The molecule has 0 fully saturated rings. The molecule has 0 unspecified atom stereocenters. The van der Waals surface area contributed by atoms with Gasteiger partial charge in [-0.15, -0.1) is 0 Å². The molecule has 102 valence electrons. The van der Waals surface area contributed by atoms with Gasteiger partial charge in [0.1, 0.15) is 5.65 Å². The maximum atomic E-state index is 12.5.